The normalized spacial score (nSPS) is 11.0. The van der Waals surface area contributed by atoms with Gasteiger partial charge in [0.2, 0.25) is 0 Å². The van der Waals surface area contributed by atoms with Crippen molar-refractivity contribution < 1.29 is 18.7 Å². The molecular formula is C17H17FN4O5. The Balaban J connectivity index is 1.85. The van der Waals surface area contributed by atoms with E-state index < -0.39 is 29.6 Å². The van der Waals surface area contributed by atoms with Crippen LogP contribution in [0.1, 0.15) is 5.56 Å². The summed E-state index contributed by atoms with van der Waals surface area (Å²) in [7, 11) is 4.47. The second kappa shape index (κ2) is 7.06. The van der Waals surface area contributed by atoms with E-state index in [1.807, 2.05) is 0 Å². The fourth-order valence-electron chi connectivity index (χ4n) is 2.73. The van der Waals surface area contributed by atoms with Crippen molar-refractivity contribution >= 4 is 17.1 Å². The number of ether oxygens (including phenoxy) is 2. The Kier molecular flexibility index (Phi) is 4.80. The van der Waals surface area contributed by atoms with Gasteiger partial charge in [0.05, 0.1) is 13.4 Å². The third-order valence-corrected chi connectivity index (χ3v) is 4.12. The minimum Gasteiger partial charge on any atom is -0.496 e. The average molecular weight is 376 g/mol. The largest absolute Gasteiger partial charge is 0.496 e. The van der Waals surface area contributed by atoms with Crippen molar-refractivity contribution in [3.8, 4) is 5.75 Å². The average Bonchev–Trinajstić information content (AvgIpc) is 3.03. The number of methoxy groups -OCH3 is 1. The first-order chi connectivity index (χ1) is 12.8. The van der Waals surface area contributed by atoms with E-state index in [1.54, 1.807) is 7.05 Å². The number of aryl methyl sites for hydroxylation is 2. The molecule has 0 aliphatic carbocycles. The maximum Gasteiger partial charge on any atom is 0.333 e. The first-order valence-electron chi connectivity index (χ1n) is 7.92. The highest BCUT2D eigenvalue weighted by Crippen LogP contribution is 2.20. The molecule has 0 aliphatic heterocycles. The van der Waals surface area contributed by atoms with Crippen LogP contribution in [0.25, 0.3) is 11.2 Å². The number of benzene rings is 1. The first-order valence-corrected chi connectivity index (χ1v) is 7.92. The molecule has 0 N–H and O–H groups in total. The first kappa shape index (κ1) is 18.4. The predicted molar refractivity (Wildman–Crippen MR) is 93.0 cm³/mol. The van der Waals surface area contributed by atoms with Crippen LogP contribution in [0.3, 0.4) is 0 Å². The molecule has 0 saturated carbocycles. The Morgan fingerprint density at radius 2 is 2.00 bits per heavy atom. The zero-order valence-corrected chi connectivity index (χ0v) is 14.9. The van der Waals surface area contributed by atoms with Gasteiger partial charge in [-0.3, -0.25) is 14.2 Å². The lowest BCUT2D eigenvalue weighted by Crippen LogP contribution is -2.41. The van der Waals surface area contributed by atoms with Gasteiger partial charge in [-0.05, 0) is 18.2 Å². The van der Waals surface area contributed by atoms with Gasteiger partial charge >= 0.3 is 11.7 Å². The van der Waals surface area contributed by atoms with Gasteiger partial charge in [-0.2, -0.15) is 0 Å². The summed E-state index contributed by atoms with van der Waals surface area (Å²) in [6, 6.07) is 3.81. The Morgan fingerprint density at radius 3 is 2.70 bits per heavy atom. The fourth-order valence-corrected chi connectivity index (χ4v) is 2.73. The van der Waals surface area contributed by atoms with E-state index in [-0.39, 0.29) is 17.8 Å². The molecule has 9 nitrogen and oxygen atoms in total. The Labute approximate surface area is 152 Å². The molecular weight excluding hydrogens is 359 g/mol. The topological polar surface area (TPSA) is 97.3 Å². The van der Waals surface area contributed by atoms with Crippen LogP contribution in [0.4, 0.5) is 4.39 Å². The molecule has 0 amide bonds. The summed E-state index contributed by atoms with van der Waals surface area (Å²) in [5.41, 5.74) is -0.591. The van der Waals surface area contributed by atoms with Crippen LogP contribution in [0.5, 0.6) is 5.75 Å². The van der Waals surface area contributed by atoms with Gasteiger partial charge in [0.25, 0.3) is 5.56 Å². The fraction of sp³-hybridized carbons (Fsp3) is 0.294. The highest BCUT2D eigenvalue weighted by Gasteiger charge is 2.18. The lowest BCUT2D eigenvalue weighted by atomic mass is 10.2. The van der Waals surface area contributed by atoms with Crippen molar-refractivity contribution in [2.24, 2.45) is 14.1 Å². The summed E-state index contributed by atoms with van der Waals surface area (Å²) < 4.78 is 27.0. The summed E-state index contributed by atoms with van der Waals surface area (Å²) in [6.45, 7) is -0.840. The number of carbonyl (C=O) groups is 1. The van der Waals surface area contributed by atoms with Crippen molar-refractivity contribution in [1.82, 2.24) is 18.7 Å². The molecule has 0 bridgehead atoms. The van der Waals surface area contributed by atoms with Crippen molar-refractivity contribution in [2.45, 2.75) is 13.2 Å². The Morgan fingerprint density at radius 1 is 1.26 bits per heavy atom. The van der Waals surface area contributed by atoms with Crippen LogP contribution in [0.2, 0.25) is 0 Å². The molecule has 10 heteroatoms. The van der Waals surface area contributed by atoms with E-state index in [0.29, 0.717) is 11.3 Å². The van der Waals surface area contributed by atoms with Gasteiger partial charge in [0.15, 0.2) is 11.2 Å². The zero-order chi connectivity index (χ0) is 19.7. The number of hydrogen-bond donors (Lipinski definition) is 0. The Bertz CT molecular complexity index is 1140. The number of hydrogen-bond acceptors (Lipinski definition) is 6. The van der Waals surface area contributed by atoms with Crippen LogP contribution in [-0.4, -0.2) is 31.8 Å². The molecule has 2 aromatic heterocycles. The molecule has 0 unspecified atom stereocenters. The number of rotatable bonds is 5. The number of halogens is 1. The van der Waals surface area contributed by atoms with Gasteiger partial charge in [-0.15, -0.1) is 0 Å². The Hall–Kier alpha value is -3.43. The van der Waals surface area contributed by atoms with Crippen LogP contribution < -0.4 is 16.0 Å². The van der Waals surface area contributed by atoms with E-state index in [2.05, 4.69) is 4.98 Å². The van der Waals surface area contributed by atoms with Gasteiger partial charge in [0.1, 0.15) is 24.7 Å². The zero-order valence-electron chi connectivity index (χ0n) is 14.9. The van der Waals surface area contributed by atoms with Gasteiger partial charge in [-0.1, -0.05) is 0 Å². The van der Waals surface area contributed by atoms with Gasteiger partial charge in [-0.25, -0.2) is 18.7 Å². The lowest BCUT2D eigenvalue weighted by molar-refractivity contribution is -0.145. The van der Waals surface area contributed by atoms with Crippen LogP contribution in [0, 0.1) is 5.82 Å². The molecule has 0 aliphatic rings. The third kappa shape index (κ3) is 3.33. The standard InChI is InChI=1S/C17H17FN4O5/c1-20-9-19-15-14(20)16(24)22(17(25)21(15)2)7-13(23)27-8-10-6-11(18)4-5-12(10)26-3/h4-6,9H,7-8H2,1-3H3. The molecule has 0 saturated heterocycles. The van der Waals surface area contributed by atoms with E-state index >= 15 is 0 Å². The van der Waals surface area contributed by atoms with Crippen LogP contribution in [0.15, 0.2) is 34.1 Å². The smallest absolute Gasteiger partial charge is 0.333 e. The molecule has 142 valence electrons. The maximum absolute atomic E-state index is 13.4. The summed E-state index contributed by atoms with van der Waals surface area (Å²) in [4.78, 5) is 41.1. The minimum absolute atomic E-state index is 0.191. The van der Waals surface area contributed by atoms with E-state index in [0.717, 1.165) is 4.57 Å². The monoisotopic (exact) mass is 376 g/mol. The summed E-state index contributed by atoms with van der Waals surface area (Å²) in [5, 5.41) is 0. The molecule has 1 aromatic carbocycles. The second-order valence-electron chi connectivity index (χ2n) is 5.88. The molecule has 2 heterocycles. The number of aromatic nitrogens is 4. The minimum atomic E-state index is -0.818. The number of fused-ring (bicyclic) bond motifs is 1. The maximum atomic E-state index is 13.4. The molecule has 3 rings (SSSR count). The molecule has 27 heavy (non-hydrogen) atoms. The number of esters is 1. The van der Waals surface area contributed by atoms with Crippen molar-refractivity contribution in [3.05, 3.63) is 56.7 Å². The SMILES string of the molecule is COc1ccc(F)cc1COC(=O)Cn1c(=O)c2c(ncn2C)n(C)c1=O. The number of imidazole rings is 1. The van der Waals surface area contributed by atoms with Crippen molar-refractivity contribution in [2.75, 3.05) is 7.11 Å². The van der Waals surface area contributed by atoms with Crippen molar-refractivity contribution in [3.63, 3.8) is 0 Å². The quantitative estimate of drug-likeness (QED) is 0.595. The summed E-state index contributed by atoms with van der Waals surface area (Å²) in [6.07, 6.45) is 1.41. The van der Waals surface area contributed by atoms with Crippen molar-refractivity contribution in [1.29, 1.82) is 0 Å². The lowest BCUT2D eigenvalue weighted by Gasteiger charge is -2.11. The van der Waals surface area contributed by atoms with Crippen LogP contribution >= 0.6 is 0 Å². The highest BCUT2D eigenvalue weighted by atomic mass is 19.1. The second-order valence-corrected chi connectivity index (χ2v) is 5.88. The predicted octanol–water partition coefficient (Wildman–Crippen LogP) is 0.325. The number of nitrogens with zero attached hydrogens (tertiary/aromatic N) is 4. The molecule has 0 spiro atoms. The van der Waals surface area contributed by atoms with Gasteiger partial charge in [0, 0.05) is 19.7 Å². The van der Waals surface area contributed by atoms with E-state index in [1.165, 1.54) is 47.8 Å². The van der Waals surface area contributed by atoms with E-state index in [9.17, 15) is 18.8 Å². The number of carbonyl (C=O) groups excluding carboxylic acids is 1. The molecule has 0 fully saturated rings. The summed E-state index contributed by atoms with van der Waals surface area (Å²) in [5.74, 6) is -0.968. The molecule has 3 aromatic rings. The molecule has 0 atom stereocenters. The highest BCUT2D eigenvalue weighted by molar-refractivity contribution is 5.72. The van der Waals surface area contributed by atoms with Gasteiger partial charge < -0.3 is 14.0 Å². The van der Waals surface area contributed by atoms with E-state index in [4.69, 9.17) is 9.47 Å². The third-order valence-electron chi connectivity index (χ3n) is 4.12. The van der Waals surface area contributed by atoms with Crippen LogP contribution in [-0.2, 0) is 36.8 Å². The molecule has 0 radical (unpaired) electrons. The summed E-state index contributed by atoms with van der Waals surface area (Å²) >= 11 is 0.